The average Bonchev–Trinajstić information content (AvgIpc) is 2.44. The SMILES string of the molecule is OCC#Cc1ccccc1CSc1cccc(Cl)c1. The van der Waals surface area contributed by atoms with Crippen LogP contribution in [0.2, 0.25) is 5.02 Å². The molecule has 0 bridgehead atoms. The normalized spacial score (nSPS) is 9.79. The zero-order valence-corrected chi connectivity index (χ0v) is 11.8. The van der Waals surface area contributed by atoms with E-state index in [-0.39, 0.29) is 6.61 Å². The van der Waals surface area contributed by atoms with Crippen molar-refractivity contribution >= 4 is 23.4 Å². The zero-order valence-electron chi connectivity index (χ0n) is 10.3. The van der Waals surface area contributed by atoms with Gasteiger partial charge in [-0.15, -0.1) is 11.8 Å². The fraction of sp³-hybridized carbons (Fsp3) is 0.125. The third-order valence-corrected chi connectivity index (χ3v) is 3.79. The van der Waals surface area contributed by atoms with E-state index in [1.165, 1.54) is 0 Å². The van der Waals surface area contributed by atoms with Crippen LogP contribution in [-0.4, -0.2) is 11.7 Å². The number of hydrogen-bond donors (Lipinski definition) is 1. The molecule has 0 aliphatic carbocycles. The topological polar surface area (TPSA) is 20.2 Å². The molecule has 0 unspecified atom stereocenters. The quantitative estimate of drug-likeness (QED) is 0.681. The van der Waals surface area contributed by atoms with Gasteiger partial charge in [0.25, 0.3) is 0 Å². The van der Waals surface area contributed by atoms with Gasteiger partial charge in [0.2, 0.25) is 0 Å². The van der Waals surface area contributed by atoms with Crippen molar-refractivity contribution in [3.8, 4) is 11.8 Å². The number of halogens is 1. The summed E-state index contributed by atoms with van der Waals surface area (Å²) in [6.45, 7) is -0.115. The van der Waals surface area contributed by atoms with Gasteiger partial charge in [-0.3, -0.25) is 0 Å². The first kappa shape index (κ1) is 14.0. The molecule has 0 heterocycles. The van der Waals surface area contributed by atoms with Crippen molar-refractivity contribution in [2.24, 2.45) is 0 Å². The van der Waals surface area contributed by atoms with Gasteiger partial charge < -0.3 is 5.11 Å². The van der Waals surface area contributed by atoms with Crippen LogP contribution in [0.3, 0.4) is 0 Å². The van der Waals surface area contributed by atoms with Crippen molar-refractivity contribution in [1.82, 2.24) is 0 Å². The van der Waals surface area contributed by atoms with Gasteiger partial charge in [-0.25, -0.2) is 0 Å². The van der Waals surface area contributed by atoms with Crippen LogP contribution in [0.25, 0.3) is 0 Å². The Labute approximate surface area is 122 Å². The summed E-state index contributed by atoms with van der Waals surface area (Å²) in [6, 6.07) is 15.8. The van der Waals surface area contributed by atoms with Gasteiger partial charge in [-0.2, -0.15) is 0 Å². The maximum Gasteiger partial charge on any atom is 0.104 e. The smallest absolute Gasteiger partial charge is 0.104 e. The van der Waals surface area contributed by atoms with E-state index in [4.69, 9.17) is 16.7 Å². The number of rotatable bonds is 3. The molecule has 0 atom stereocenters. The largest absolute Gasteiger partial charge is 0.384 e. The van der Waals surface area contributed by atoms with Gasteiger partial charge in [0.1, 0.15) is 6.61 Å². The van der Waals surface area contributed by atoms with Crippen molar-refractivity contribution in [2.45, 2.75) is 10.6 Å². The molecule has 3 heteroatoms. The van der Waals surface area contributed by atoms with Crippen LogP contribution in [0.1, 0.15) is 11.1 Å². The highest BCUT2D eigenvalue weighted by Crippen LogP contribution is 2.26. The molecule has 0 radical (unpaired) electrons. The maximum atomic E-state index is 8.76. The fourth-order valence-electron chi connectivity index (χ4n) is 1.62. The first-order valence-electron chi connectivity index (χ1n) is 5.85. The monoisotopic (exact) mass is 288 g/mol. The highest BCUT2D eigenvalue weighted by atomic mass is 35.5. The Kier molecular flexibility index (Phi) is 5.35. The molecule has 96 valence electrons. The third-order valence-electron chi connectivity index (χ3n) is 2.51. The van der Waals surface area contributed by atoms with Crippen LogP contribution in [0.4, 0.5) is 0 Å². The van der Waals surface area contributed by atoms with E-state index in [1.807, 2.05) is 42.5 Å². The Morgan fingerprint density at radius 3 is 2.74 bits per heavy atom. The zero-order chi connectivity index (χ0) is 13.5. The molecular weight excluding hydrogens is 276 g/mol. The Bertz CT molecular complexity index is 613. The van der Waals surface area contributed by atoms with E-state index in [0.29, 0.717) is 0 Å². The Morgan fingerprint density at radius 1 is 1.11 bits per heavy atom. The van der Waals surface area contributed by atoms with E-state index in [1.54, 1.807) is 11.8 Å². The molecular formula is C16H13ClOS. The molecule has 0 spiro atoms. The van der Waals surface area contributed by atoms with E-state index in [2.05, 4.69) is 17.9 Å². The van der Waals surface area contributed by atoms with Crippen LogP contribution in [0.15, 0.2) is 53.4 Å². The predicted octanol–water partition coefficient (Wildman–Crippen LogP) is 3.98. The van der Waals surface area contributed by atoms with E-state index >= 15 is 0 Å². The lowest BCUT2D eigenvalue weighted by Gasteiger charge is -2.05. The molecule has 2 aromatic carbocycles. The lowest BCUT2D eigenvalue weighted by atomic mass is 10.1. The van der Waals surface area contributed by atoms with Crippen LogP contribution in [0, 0.1) is 11.8 Å². The van der Waals surface area contributed by atoms with Crippen LogP contribution < -0.4 is 0 Å². The minimum Gasteiger partial charge on any atom is -0.384 e. The number of benzene rings is 2. The van der Waals surface area contributed by atoms with Crippen molar-refractivity contribution < 1.29 is 5.11 Å². The predicted molar refractivity (Wildman–Crippen MR) is 81.4 cm³/mol. The van der Waals surface area contributed by atoms with Crippen molar-refractivity contribution in [3.05, 3.63) is 64.7 Å². The molecule has 19 heavy (non-hydrogen) atoms. The number of aliphatic hydroxyl groups excluding tert-OH is 1. The van der Waals surface area contributed by atoms with Crippen LogP contribution >= 0.6 is 23.4 Å². The van der Waals surface area contributed by atoms with E-state index < -0.39 is 0 Å². The molecule has 0 amide bonds. The first-order chi connectivity index (χ1) is 9.29. The summed E-state index contributed by atoms with van der Waals surface area (Å²) in [6.07, 6.45) is 0. The Balaban J connectivity index is 2.11. The lowest BCUT2D eigenvalue weighted by Crippen LogP contribution is -1.87. The van der Waals surface area contributed by atoms with Gasteiger partial charge in [-0.1, -0.05) is 47.7 Å². The minimum atomic E-state index is -0.115. The molecule has 0 aliphatic heterocycles. The summed E-state index contributed by atoms with van der Waals surface area (Å²) in [4.78, 5) is 1.14. The highest BCUT2D eigenvalue weighted by Gasteiger charge is 2.01. The lowest BCUT2D eigenvalue weighted by molar-refractivity contribution is 0.350. The Morgan fingerprint density at radius 2 is 1.95 bits per heavy atom. The molecule has 0 aliphatic rings. The van der Waals surface area contributed by atoms with Crippen molar-refractivity contribution in [1.29, 1.82) is 0 Å². The number of hydrogen-bond acceptors (Lipinski definition) is 2. The number of thioether (sulfide) groups is 1. The van der Waals surface area contributed by atoms with Crippen molar-refractivity contribution in [2.75, 3.05) is 6.61 Å². The minimum absolute atomic E-state index is 0.115. The molecule has 0 fully saturated rings. The molecule has 1 N–H and O–H groups in total. The highest BCUT2D eigenvalue weighted by molar-refractivity contribution is 7.98. The third kappa shape index (κ3) is 4.33. The summed E-state index contributed by atoms with van der Waals surface area (Å²) in [7, 11) is 0. The summed E-state index contributed by atoms with van der Waals surface area (Å²) in [5, 5.41) is 9.51. The molecule has 0 saturated carbocycles. The summed E-state index contributed by atoms with van der Waals surface area (Å²) in [5.74, 6) is 6.49. The van der Waals surface area contributed by atoms with Crippen molar-refractivity contribution in [3.63, 3.8) is 0 Å². The molecule has 2 aromatic rings. The van der Waals surface area contributed by atoms with Crippen LogP contribution in [0.5, 0.6) is 0 Å². The Hall–Kier alpha value is -1.40. The van der Waals surface area contributed by atoms with E-state index in [0.717, 1.165) is 26.8 Å². The van der Waals surface area contributed by atoms with Gasteiger partial charge in [0.15, 0.2) is 0 Å². The standard InChI is InChI=1S/C16H13ClOS/c17-15-8-3-9-16(11-15)19-12-14-6-2-1-5-13(14)7-4-10-18/h1-3,5-6,8-9,11,18H,10,12H2. The van der Waals surface area contributed by atoms with Gasteiger partial charge in [-0.05, 0) is 29.8 Å². The van der Waals surface area contributed by atoms with Gasteiger partial charge >= 0.3 is 0 Å². The van der Waals surface area contributed by atoms with Gasteiger partial charge in [0.05, 0.1) is 0 Å². The van der Waals surface area contributed by atoms with Crippen LogP contribution in [-0.2, 0) is 5.75 Å². The van der Waals surface area contributed by atoms with E-state index in [9.17, 15) is 0 Å². The summed E-state index contributed by atoms with van der Waals surface area (Å²) in [5.41, 5.74) is 2.12. The molecule has 2 rings (SSSR count). The maximum absolute atomic E-state index is 8.76. The average molecular weight is 289 g/mol. The van der Waals surface area contributed by atoms with Gasteiger partial charge in [0, 0.05) is 21.2 Å². The first-order valence-corrected chi connectivity index (χ1v) is 7.22. The summed E-state index contributed by atoms with van der Waals surface area (Å²) < 4.78 is 0. The molecule has 0 saturated heterocycles. The second-order valence-corrected chi connectivity index (χ2v) is 5.35. The fourth-order valence-corrected chi connectivity index (χ4v) is 2.83. The molecule has 1 nitrogen and oxygen atoms in total. The summed E-state index contributed by atoms with van der Waals surface area (Å²) >= 11 is 7.68. The number of aliphatic hydroxyl groups is 1. The second kappa shape index (κ2) is 7.25. The molecule has 0 aromatic heterocycles. The second-order valence-electron chi connectivity index (χ2n) is 3.86.